The van der Waals surface area contributed by atoms with Crippen LogP contribution in [-0.2, 0) is 23.9 Å². The molecule has 5 N–H and O–H groups in total. The van der Waals surface area contributed by atoms with Crippen LogP contribution in [0.5, 0.6) is 0 Å². The lowest BCUT2D eigenvalue weighted by atomic mass is 9.85. The average Bonchev–Trinajstić information content (AvgIpc) is 3.78. The predicted molar refractivity (Wildman–Crippen MR) is 161 cm³/mol. The van der Waals surface area contributed by atoms with Gasteiger partial charge in [-0.2, -0.15) is 0 Å². The smallest absolute Gasteiger partial charge is 0.409 e. The molecular weight excluding hydrogens is 568 g/mol. The Hall–Kier alpha value is -3.38. The second-order valence-corrected chi connectivity index (χ2v) is 15.7. The van der Waals surface area contributed by atoms with E-state index >= 15 is 0 Å². The highest BCUT2D eigenvalue weighted by atomic mass is 16.6. The van der Waals surface area contributed by atoms with Gasteiger partial charge in [0.25, 0.3) is 5.91 Å². The Bertz CT molecular complexity index is 1200. The first-order chi connectivity index (χ1) is 20.2. The number of rotatable bonds is 10. The van der Waals surface area contributed by atoms with Gasteiger partial charge in [0.05, 0.1) is 12.6 Å². The minimum absolute atomic E-state index is 0.0810. The second kappa shape index (κ2) is 11.8. The standard InChI is InChI=1S/C31H50N6O7/c1-29(2,3)18(15-36-12-9-13-44-28(36)43)33-27(42)35-23(30(4,5)6)26(41)37-14-17-19(31(17,7)8)21(37)25(40)34-20(16-10-11-16)22(38)24(32)39/h16-21,23H,9-15H2,1-8H3,(H2,32,39)(H,34,40)(H2,33,35,42)/t17-,18+,19-,20?,21-,23+/m0/s1. The number of nitrogens with zero attached hydrogens (tertiary/aromatic N) is 2. The molecule has 4 aliphatic rings. The van der Waals surface area contributed by atoms with Crippen LogP contribution in [0.2, 0.25) is 0 Å². The summed E-state index contributed by atoms with van der Waals surface area (Å²) in [5.41, 5.74) is 3.95. The third kappa shape index (κ3) is 6.96. The highest BCUT2D eigenvalue weighted by Gasteiger charge is 2.70. The molecule has 13 nitrogen and oxygen atoms in total. The number of piperidine rings is 1. The van der Waals surface area contributed by atoms with Gasteiger partial charge >= 0.3 is 12.1 Å². The summed E-state index contributed by atoms with van der Waals surface area (Å²) in [4.78, 5) is 81.0. The van der Waals surface area contributed by atoms with Gasteiger partial charge in [-0.3, -0.25) is 19.2 Å². The van der Waals surface area contributed by atoms with Crippen LogP contribution in [0.1, 0.15) is 74.7 Å². The number of ether oxygens (including phenoxy) is 1. The number of ketones is 1. The summed E-state index contributed by atoms with van der Waals surface area (Å²) in [7, 11) is 0. The number of cyclic esters (lactones) is 1. The van der Waals surface area contributed by atoms with Crippen LogP contribution < -0.4 is 21.7 Å². The number of fused-ring (bicyclic) bond motifs is 1. The zero-order chi connectivity index (χ0) is 32.9. The summed E-state index contributed by atoms with van der Waals surface area (Å²) in [5.74, 6) is -3.01. The van der Waals surface area contributed by atoms with Crippen molar-refractivity contribution in [3.63, 3.8) is 0 Å². The van der Waals surface area contributed by atoms with Gasteiger partial charge in [-0.15, -0.1) is 0 Å². The zero-order valence-corrected chi connectivity index (χ0v) is 27.3. The highest BCUT2D eigenvalue weighted by Crippen LogP contribution is 2.65. The maximum Gasteiger partial charge on any atom is 0.409 e. The Morgan fingerprint density at radius 1 is 1.00 bits per heavy atom. The van der Waals surface area contributed by atoms with Gasteiger partial charge in [-0.1, -0.05) is 55.4 Å². The zero-order valence-electron chi connectivity index (χ0n) is 27.3. The van der Waals surface area contributed by atoms with Gasteiger partial charge in [0.2, 0.25) is 17.6 Å². The highest BCUT2D eigenvalue weighted by molar-refractivity contribution is 6.38. The number of urea groups is 1. The van der Waals surface area contributed by atoms with Crippen molar-refractivity contribution in [2.24, 2.45) is 39.7 Å². The van der Waals surface area contributed by atoms with E-state index in [0.717, 1.165) is 0 Å². The molecule has 246 valence electrons. The van der Waals surface area contributed by atoms with Crippen molar-refractivity contribution in [2.75, 3.05) is 26.2 Å². The molecule has 0 spiro atoms. The lowest BCUT2D eigenvalue weighted by Gasteiger charge is -2.39. The normalized spacial score (nSPS) is 26.5. The number of carbonyl (C=O) groups excluding carboxylic acids is 6. The Morgan fingerprint density at radius 3 is 2.16 bits per heavy atom. The van der Waals surface area contributed by atoms with Crippen molar-refractivity contribution in [1.29, 1.82) is 0 Å². The van der Waals surface area contributed by atoms with Gasteiger partial charge in [0.15, 0.2) is 0 Å². The molecule has 0 aromatic carbocycles. The molecule has 0 radical (unpaired) electrons. The summed E-state index contributed by atoms with van der Waals surface area (Å²) in [5, 5.41) is 8.61. The Kier molecular flexibility index (Phi) is 9.02. The number of nitrogens with two attached hydrogens (primary N) is 1. The maximum absolute atomic E-state index is 14.2. The van der Waals surface area contributed by atoms with Crippen LogP contribution >= 0.6 is 0 Å². The van der Waals surface area contributed by atoms with Crippen LogP contribution in [0, 0.1) is 34.0 Å². The fourth-order valence-corrected chi connectivity index (χ4v) is 6.70. The van der Waals surface area contributed by atoms with Crippen molar-refractivity contribution in [1.82, 2.24) is 25.8 Å². The summed E-state index contributed by atoms with van der Waals surface area (Å²) in [6.07, 6.45) is 1.69. The summed E-state index contributed by atoms with van der Waals surface area (Å²) in [6, 6.07) is -3.84. The lowest BCUT2D eigenvalue weighted by molar-refractivity contribution is -0.145. The minimum Gasteiger partial charge on any atom is -0.449 e. The maximum atomic E-state index is 14.2. The van der Waals surface area contributed by atoms with E-state index < -0.39 is 70.6 Å². The summed E-state index contributed by atoms with van der Waals surface area (Å²) < 4.78 is 5.16. The van der Waals surface area contributed by atoms with Gasteiger partial charge in [-0.05, 0) is 53.3 Å². The van der Waals surface area contributed by atoms with E-state index in [2.05, 4.69) is 29.8 Å². The minimum atomic E-state index is -1.10. The van der Waals surface area contributed by atoms with E-state index in [1.807, 2.05) is 41.5 Å². The van der Waals surface area contributed by atoms with E-state index in [1.165, 1.54) is 4.90 Å². The first-order valence-electron chi connectivity index (χ1n) is 15.7. The Balaban J connectivity index is 1.51. The van der Waals surface area contributed by atoms with E-state index in [4.69, 9.17) is 10.5 Å². The van der Waals surface area contributed by atoms with Crippen LogP contribution in [0.25, 0.3) is 0 Å². The van der Waals surface area contributed by atoms with E-state index in [-0.39, 0.29) is 29.7 Å². The molecule has 44 heavy (non-hydrogen) atoms. The van der Waals surface area contributed by atoms with Crippen LogP contribution in [-0.4, -0.2) is 95.8 Å². The lowest BCUT2D eigenvalue weighted by Crippen LogP contribution is -2.63. The first kappa shape index (κ1) is 33.5. The first-order valence-corrected chi connectivity index (χ1v) is 15.7. The number of carbonyl (C=O) groups is 6. The number of Topliss-reactive ketones (excluding diaryl/α,β-unsaturated/α-hetero) is 1. The monoisotopic (exact) mass is 618 g/mol. The molecule has 0 aromatic heterocycles. The van der Waals surface area contributed by atoms with Crippen molar-refractivity contribution >= 4 is 35.6 Å². The molecular formula is C31H50N6O7. The van der Waals surface area contributed by atoms with E-state index in [9.17, 15) is 28.8 Å². The summed E-state index contributed by atoms with van der Waals surface area (Å²) in [6.45, 7) is 17.0. The fourth-order valence-electron chi connectivity index (χ4n) is 6.70. The third-order valence-corrected chi connectivity index (χ3v) is 9.87. The molecule has 13 heteroatoms. The molecule has 2 aliphatic carbocycles. The van der Waals surface area contributed by atoms with Gasteiger partial charge < -0.3 is 36.2 Å². The molecule has 1 unspecified atom stereocenters. The molecule has 4 fully saturated rings. The number of hydrogen-bond acceptors (Lipinski definition) is 7. The van der Waals surface area contributed by atoms with Gasteiger partial charge in [-0.25, -0.2) is 9.59 Å². The van der Waals surface area contributed by atoms with E-state index in [0.29, 0.717) is 39.0 Å². The second-order valence-electron chi connectivity index (χ2n) is 15.7. The Labute approximate surface area is 259 Å². The molecule has 2 saturated heterocycles. The summed E-state index contributed by atoms with van der Waals surface area (Å²) >= 11 is 0. The molecule has 2 aliphatic heterocycles. The molecule has 0 bridgehead atoms. The number of likely N-dealkylation sites (tertiary alicyclic amines) is 1. The van der Waals surface area contributed by atoms with E-state index in [1.54, 1.807) is 4.90 Å². The van der Waals surface area contributed by atoms with Gasteiger partial charge in [0, 0.05) is 19.6 Å². The van der Waals surface area contributed by atoms with Crippen LogP contribution in [0.15, 0.2) is 0 Å². The number of nitrogens with one attached hydrogen (secondary N) is 3. The molecule has 6 amide bonds. The van der Waals surface area contributed by atoms with Crippen molar-refractivity contribution in [3.8, 4) is 0 Å². The third-order valence-electron chi connectivity index (χ3n) is 9.87. The molecule has 2 saturated carbocycles. The molecule has 4 rings (SSSR count). The largest absolute Gasteiger partial charge is 0.449 e. The predicted octanol–water partition coefficient (Wildman–Crippen LogP) is 1.39. The van der Waals surface area contributed by atoms with Crippen LogP contribution in [0.3, 0.4) is 0 Å². The molecule has 0 aromatic rings. The Morgan fingerprint density at radius 2 is 1.64 bits per heavy atom. The van der Waals surface area contributed by atoms with Crippen molar-refractivity contribution in [2.45, 2.75) is 98.8 Å². The average molecular weight is 619 g/mol. The molecule has 6 atom stereocenters. The van der Waals surface area contributed by atoms with Crippen molar-refractivity contribution in [3.05, 3.63) is 0 Å². The quantitative estimate of drug-likeness (QED) is 0.267. The number of amides is 6. The fraction of sp³-hybridized carbons (Fsp3) is 0.806. The molecule has 2 heterocycles. The van der Waals surface area contributed by atoms with Crippen LogP contribution in [0.4, 0.5) is 9.59 Å². The van der Waals surface area contributed by atoms with Gasteiger partial charge in [0.1, 0.15) is 18.1 Å². The topological polar surface area (TPSA) is 180 Å². The van der Waals surface area contributed by atoms with Crippen molar-refractivity contribution < 1.29 is 33.5 Å². The number of primary amides is 1. The SMILES string of the molecule is CC(C)(C)[C@H](NC(=O)N[C@H](CN1CCCOC1=O)C(C)(C)C)C(=O)N1C[C@H]2[C@@H]([C@H]1C(=O)NC(C(=O)C(N)=O)C1CC1)C2(C)C. The number of hydrogen-bond donors (Lipinski definition) is 4.